The Hall–Kier alpha value is -1.34. The topological polar surface area (TPSA) is 89.3 Å². The Morgan fingerprint density at radius 1 is 1.58 bits per heavy atom. The molecule has 19 heavy (non-hydrogen) atoms. The van der Waals surface area contributed by atoms with Crippen LogP contribution < -0.4 is 16.4 Å². The third kappa shape index (κ3) is 3.36. The predicted octanol–water partition coefficient (Wildman–Crippen LogP) is 1.45. The van der Waals surface area contributed by atoms with Gasteiger partial charge in [-0.15, -0.1) is 0 Å². The number of aromatic nitrogens is 1. The van der Waals surface area contributed by atoms with Crippen molar-refractivity contribution in [3.8, 4) is 0 Å². The van der Waals surface area contributed by atoms with Crippen molar-refractivity contribution >= 4 is 28.2 Å². The van der Waals surface area contributed by atoms with Gasteiger partial charge in [-0.1, -0.05) is 11.3 Å². The van der Waals surface area contributed by atoms with Crippen molar-refractivity contribution in [3.05, 3.63) is 4.88 Å². The highest BCUT2D eigenvalue weighted by molar-refractivity contribution is 7.18. The largest absolute Gasteiger partial charge is 0.382 e. The molecule has 1 unspecified atom stereocenters. The molecule has 1 amide bonds. The number of nitrogens with one attached hydrogen (secondary N) is 2. The van der Waals surface area contributed by atoms with Crippen LogP contribution in [-0.2, 0) is 4.74 Å². The lowest BCUT2D eigenvalue weighted by Crippen LogP contribution is -2.45. The first-order chi connectivity index (χ1) is 8.91. The molecule has 2 heterocycles. The van der Waals surface area contributed by atoms with E-state index in [0.29, 0.717) is 16.6 Å². The summed E-state index contributed by atoms with van der Waals surface area (Å²) in [5, 5.41) is 6.55. The normalized spacial score (nSPS) is 21.9. The van der Waals surface area contributed by atoms with Gasteiger partial charge in [0.25, 0.3) is 5.91 Å². The van der Waals surface area contributed by atoms with Crippen LogP contribution in [0.1, 0.15) is 36.4 Å². The molecule has 6 nitrogen and oxygen atoms in total. The lowest BCUT2D eigenvalue weighted by Gasteiger charge is -2.35. The molecule has 7 heteroatoms. The monoisotopic (exact) mass is 284 g/mol. The molecule has 1 aliphatic rings. The summed E-state index contributed by atoms with van der Waals surface area (Å²) in [4.78, 5) is 16.7. The molecule has 1 fully saturated rings. The molecule has 1 aromatic rings. The maximum absolute atomic E-state index is 12.2. The lowest BCUT2D eigenvalue weighted by molar-refractivity contribution is -0.0615. The summed E-state index contributed by atoms with van der Waals surface area (Å²) in [7, 11) is 1.75. The van der Waals surface area contributed by atoms with Gasteiger partial charge in [0.15, 0.2) is 5.13 Å². The number of anilines is 2. The highest BCUT2D eigenvalue weighted by Crippen LogP contribution is 2.27. The average molecular weight is 284 g/mol. The Balaban J connectivity index is 2.02. The Morgan fingerprint density at radius 3 is 2.89 bits per heavy atom. The fourth-order valence-electron chi connectivity index (χ4n) is 2.21. The van der Waals surface area contributed by atoms with Crippen LogP contribution >= 0.6 is 11.3 Å². The van der Waals surface area contributed by atoms with Gasteiger partial charge in [-0.2, -0.15) is 0 Å². The summed E-state index contributed by atoms with van der Waals surface area (Å²) >= 11 is 1.27. The van der Waals surface area contributed by atoms with Gasteiger partial charge in [0.05, 0.1) is 5.60 Å². The molecule has 0 bridgehead atoms. The number of carbonyl (C=O) groups is 1. The van der Waals surface area contributed by atoms with Crippen molar-refractivity contribution in [1.29, 1.82) is 0 Å². The van der Waals surface area contributed by atoms with Crippen LogP contribution in [0.4, 0.5) is 10.9 Å². The van der Waals surface area contributed by atoms with E-state index < -0.39 is 0 Å². The van der Waals surface area contributed by atoms with Gasteiger partial charge >= 0.3 is 0 Å². The lowest BCUT2D eigenvalue weighted by atomic mass is 9.94. The maximum atomic E-state index is 12.2. The van der Waals surface area contributed by atoms with Crippen LogP contribution in [-0.4, -0.2) is 36.2 Å². The number of ether oxygens (including phenoxy) is 1. The van der Waals surface area contributed by atoms with Crippen LogP contribution in [0, 0.1) is 0 Å². The first-order valence-corrected chi connectivity index (χ1v) is 7.12. The van der Waals surface area contributed by atoms with E-state index in [1.807, 2.05) is 13.8 Å². The summed E-state index contributed by atoms with van der Waals surface area (Å²) in [5.74, 6) is 0.123. The molecule has 2 rings (SSSR count). The fourth-order valence-corrected chi connectivity index (χ4v) is 2.95. The molecular formula is C12H20N4O2S. The zero-order valence-corrected chi connectivity index (χ0v) is 12.3. The van der Waals surface area contributed by atoms with Gasteiger partial charge in [-0.05, 0) is 26.7 Å². The molecule has 1 atom stereocenters. The fraction of sp³-hybridized carbons (Fsp3) is 0.667. The summed E-state index contributed by atoms with van der Waals surface area (Å²) in [6, 6.07) is 0.121. The van der Waals surface area contributed by atoms with Gasteiger partial charge in [0, 0.05) is 19.7 Å². The van der Waals surface area contributed by atoms with Crippen molar-refractivity contribution in [1.82, 2.24) is 10.3 Å². The molecule has 1 saturated heterocycles. The van der Waals surface area contributed by atoms with E-state index in [1.54, 1.807) is 7.05 Å². The van der Waals surface area contributed by atoms with Gasteiger partial charge in [-0.25, -0.2) is 4.98 Å². The van der Waals surface area contributed by atoms with Crippen LogP contribution in [0.25, 0.3) is 0 Å². The number of rotatable bonds is 3. The van der Waals surface area contributed by atoms with Crippen molar-refractivity contribution in [2.75, 3.05) is 24.7 Å². The Kier molecular flexibility index (Phi) is 3.96. The van der Waals surface area contributed by atoms with E-state index in [2.05, 4.69) is 15.6 Å². The van der Waals surface area contributed by atoms with E-state index in [1.165, 1.54) is 11.3 Å². The van der Waals surface area contributed by atoms with E-state index in [9.17, 15) is 4.79 Å². The molecular weight excluding hydrogens is 264 g/mol. The highest BCUT2D eigenvalue weighted by Gasteiger charge is 2.30. The minimum absolute atomic E-state index is 0.121. The van der Waals surface area contributed by atoms with Crippen LogP contribution in [0.15, 0.2) is 0 Å². The first kappa shape index (κ1) is 14.1. The van der Waals surface area contributed by atoms with Crippen LogP contribution in [0.2, 0.25) is 0 Å². The standard InChI is InChI=1S/C12H20N4O2S/c1-12(2)6-7(4-5-18-12)15-10(17)8-9(13)16-11(14-3)19-8/h7H,4-6,13H2,1-3H3,(H,14,16)(H,15,17). The Bertz CT molecular complexity index is 472. The quantitative estimate of drug-likeness (QED) is 0.782. The second-order valence-electron chi connectivity index (χ2n) is 5.25. The molecule has 1 aromatic heterocycles. The summed E-state index contributed by atoms with van der Waals surface area (Å²) < 4.78 is 5.63. The second kappa shape index (κ2) is 5.34. The van der Waals surface area contributed by atoms with Crippen molar-refractivity contribution in [2.45, 2.75) is 38.3 Å². The number of carbonyl (C=O) groups excluding carboxylic acids is 1. The third-order valence-electron chi connectivity index (χ3n) is 3.11. The van der Waals surface area contributed by atoms with Crippen molar-refractivity contribution in [2.24, 2.45) is 0 Å². The maximum Gasteiger partial charge on any atom is 0.265 e. The van der Waals surface area contributed by atoms with Gasteiger partial charge < -0.3 is 21.1 Å². The summed E-state index contributed by atoms with van der Waals surface area (Å²) in [6.07, 6.45) is 1.63. The number of thiazole rings is 1. The van der Waals surface area contributed by atoms with Gasteiger partial charge in [0.2, 0.25) is 0 Å². The molecule has 4 N–H and O–H groups in total. The van der Waals surface area contributed by atoms with E-state index >= 15 is 0 Å². The minimum Gasteiger partial charge on any atom is -0.382 e. The molecule has 0 aliphatic carbocycles. The van der Waals surface area contributed by atoms with Crippen molar-refractivity contribution in [3.63, 3.8) is 0 Å². The molecule has 0 spiro atoms. The molecule has 0 radical (unpaired) electrons. The second-order valence-corrected chi connectivity index (χ2v) is 6.25. The zero-order chi connectivity index (χ0) is 14.0. The Morgan fingerprint density at radius 2 is 2.32 bits per heavy atom. The Labute approximate surface area is 116 Å². The minimum atomic E-state index is -0.189. The van der Waals surface area contributed by atoms with Crippen LogP contribution in [0.5, 0.6) is 0 Å². The number of nitrogens with zero attached hydrogens (tertiary/aromatic N) is 1. The van der Waals surface area contributed by atoms with Gasteiger partial charge in [0.1, 0.15) is 10.7 Å². The van der Waals surface area contributed by atoms with Crippen LogP contribution in [0.3, 0.4) is 0 Å². The number of hydrogen-bond acceptors (Lipinski definition) is 6. The number of nitrogens with two attached hydrogens (primary N) is 1. The van der Waals surface area contributed by atoms with Gasteiger partial charge in [-0.3, -0.25) is 4.79 Å². The highest BCUT2D eigenvalue weighted by atomic mass is 32.1. The smallest absolute Gasteiger partial charge is 0.265 e. The average Bonchev–Trinajstić information content (AvgIpc) is 2.69. The predicted molar refractivity (Wildman–Crippen MR) is 76.6 cm³/mol. The molecule has 106 valence electrons. The molecule has 1 aliphatic heterocycles. The van der Waals surface area contributed by atoms with E-state index in [-0.39, 0.29) is 23.4 Å². The number of hydrogen-bond donors (Lipinski definition) is 3. The zero-order valence-electron chi connectivity index (χ0n) is 11.4. The summed E-state index contributed by atoms with van der Waals surface area (Å²) in [6.45, 7) is 4.73. The molecule has 0 aromatic carbocycles. The number of amides is 1. The SMILES string of the molecule is CNc1nc(N)c(C(=O)NC2CCOC(C)(C)C2)s1. The summed E-state index contributed by atoms with van der Waals surface area (Å²) in [5.41, 5.74) is 5.56. The van der Waals surface area contributed by atoms with Crippen molar-refractivity contribution < 1.29 is 9.53 Å². The van der Waals surface area contributed by atoms with E-state index in [4.69, 9.17) is 10.5 Å². The number of nitrogen functional groups attached to an aromatic ring is 1. The third-order valence-corrected chi connectivity index (χ3v) is 4.19. The van der Waals surface area contributed by atoms with E-state index in [0.717, 1.165) is 12.8 Å². The molecule has 0 saturated carbocycles. The first-order valence-electron chi connectivity index (χ1n) is 6.30.